The Hall–Kier alpha value is -0.950. The van der Waals surface area contributed by atoms with Crippen LogP contribution in [-0.2, 0) is 16.6 Å². The van der Waals surface area contributed by atoms with Crippen molar-refractivity contribution in [2.24, 2.45) is 0 Å². The molecule has 1 aromatic carbocycles. The van der Waals surface area contributed by atoms with Crippen LogP contribution in [0.1, 0.15) is 19.4 Å². The summed E-state index contributed by atoms with van der Waals surface area (Å²) in [5.41, 5.74) is 0.983. The van der Waals surface area contributed by atoms with Gasteiger partial charge in [-0.05, 0) is 12.0 Å². The molecule has 0 radical (unpaired) electrons. The highest BCUT2D eigenvalue weighted by Gasteiger charge is 2.19. The highest BCUT2D eigenvalue weighted by atomic mass is 32.2. The lowest BCUT2D eigenvalue weighted by Crippen LogP contribution is -2.43. The Morgan fingerprint density at radius 1 is 1.21 bits per heavy atom. The molecule has 0 aromatic heterocycles. The molecule has 2 N–H and O–H groups in total. The predicted octanol–water partition coefficient (Wildman–Crippen LogP) is 0.766. The van der Waals surface area contributed by atoms with Gasteiger partial charge in [-0.15, -0.1) is 0 Å². The molecule has 5 nitrogen and oxygen atoms in total. The molecule has 0 heterocycles. The van der Waals surface area contributed by atoms with Gasteiger partial charge < -0.3 is 5.11 Å². The molecule has 0 fully saturated rings. The molecule has 1 atom stereocenters. The molecular formula is C13H22N2O3S. The van der Waals surface area contributed by atoms with E-state index in [-0.39, 0.29) is 6.54 Å². The van der Waals surface area contributed by atoms with E-state index in [4.69, 9.17) is 0 Å². The van der Waals surface area contributed by atoms with Crippen LogP contribution in [0.15, 0.2) is 30.3 Å². The fourth-order valence-corrected chi connectivity index (χ4v) is 3.08. The van der Waals surface area contributed by atoms with Crippen molar-refractivity contribution in [2.45, 2.75) is 26.4 Å². The van der Waals surface area contributed by atoms with Crippen LogP contribution < -0.4 is 4.72 Å². The van der Waals surface area contributed by atoms with Crippen LogP contribution in [0.3, 0.4) is 0 Å². The number of aliphatic hydroxyl groups is 1. The lowest BCUT2D eigenvalue weighted by atomic mass is 10.1. The average molecular weight is 286 g/mol. The molecule has 0 aliphatic heterocycles. The van der Waals surface area contributed by atoms with E-state index >= 15 is 0 Å². The second-order valence-corrected chi connectivity index (χ2v) is 6.04. The van der Waals surface area contributed by atoms with Gasteiger partial charge in [0.25, 0.3) is 10.2 Å². The van der Waals surface area contributed by atoms with Crippen molar-refractivity contribution in [3.05, 3.63) is 35.9 Å². The zero-order valence-corrected chi connectivity index (χ0v) is 12.2. The molecule has 0 saturated heterocycles. The first-order valence-electron chi connectivity index (χ1n) is 6.46. The van der Waals surface area contributed by atoms with E-state index in [0.29, 0.717) is 19.5 Å². The quantitative estimate of drug-likeness (QED) is 0.741. The van der Waals surface area contributed by atoms with Crippen molar-refractivity contribution in [1.82, 2.24) is 9.03 Å². The van der Waals surface area contributed by atoms with Crippen LogP contribution in [0.5, 0.6) is 0 Å². The van der Waals surface area contributed by atoms with Gasteiger partial charge in [-0.2, -0.15) is 17.4 Å². The minimum absolute atomic E-state index is 0.0216. The van der Waals surface area contributed by atoms with Gasteiger partial charge in [0.1, 0.15) is 0 Å². The number of rotatable bonds is 8. The molecular weight excluding hydrogens is 264 g/mol. The molecule has 0 aliphatic carbocycles. The van der Waals surface area contributed by atoms with Gasteiger partial charge >= 0.3 is 0 Å². The normalized spacial score (nSPS) is 13.7. The largest absolute Gasteiger partial charge is 0.391 e. The smallest absolute Gasteiger partial charge is 0.279 e. The third-order valence-corrected chi connectivity index (χ3v) is 4.59. The number of nitrogens with one attached hydrogen (secondary N) is 1. The van der Waals surface area contributed by atoms with E-state index in [2.05, 4.69) is 4.72 Å². The Labute approximate surface area is 115 Å². The molecule has 0 amide bonds. The van der Waals surface area contributed by atoms with E-state index in [0.717, 1.165) is 5.56 Å². The van der Waals surface area contributed by atoms with Crippen molar-refractivity contribution in [3.63, 3.8) is 0 Å². The van der Waals surface area contributed by atoms with Crippen molar-refractivity contribution < 1.29 is 13.5 Å². The van der Waals surface area contributed by atoms with Crippen LogP contribution >= 0.6 is 0 Å². The third kappa shape index (κ3) is 5.28. The number of benzene rings is 1. The summed E-state index contributed by atoms with van der Waals surface area (Å²) in [4.78, 5) is 0. The van der Waals surface area contributed by atoms with Gasteiger partial charge in [0.05, 0.1) is 6.10 Å². The number of hydrogen-bond acceptors (Lipinski definition) is 3. The first-order chi connectivity index (χ1) is 8.99. The molecule has 0 spiro atoms. The predicted molar refractivity (Wildman–Crippen MR) is 76.0 cm³/mol. The summed E-state index contributed by atoms with van der Waals surface area (Å²) < 4.78 is 27.5. The molecule has 108 valence electrons. The Kier molecular flexibility index (Phi) is 6.44. The van der Waals surface area contributed by atoms with Crippen LogP contribution in [0.4, 0.5) is 0 Å². The second kappa shape index (κ2) is 7.59. The minimum Gasteiger partial charge on any atom is -0.391 e. The molecule has 0 bridgehead atoms. The molecule has 1 aromatic rings. The van der Waals surface area contributed by atoms with Gasteiger partial charge in [0.15, 0.2) is 0 Å². The standard InChI is InChI=1S/C13H22N2O3S/c1-3-15(4-2)19(17,18)14-11-13(16)10-12-8-6-5-7-9-12/h5-9,13-14,16H,3-4,10-11H2,1-2H3. The van der Waals surface area contributed by atoms with E-state index < -0.39 is 16.3 Å². The first-order valence-corrected chi connectivity index (χ1v) is 7.90. The SMILES string of the molecule is CCN(CC)S(=O)(=O)NCC(O)Cc1ccccc1. The number of aliphatic hydroxyl groups excluding tert-OH is 1. The zero-order valence-electron chi connectivity index (χ0n) is 11.4. The average Bonchev–Trinajstić information content (AvgIpc) is 2.39. The molecule has 0 saturated carbocycles. The van der Waals surface area contributed by atoms with Crippen LogP contribution in [0.25, 0.3) is 0 Å². The van der Waals surface area contributed by atoms with Gasteiger partial charge in [-0.25, -0.2) is 0 Å². The van der Waals surface area contributed by atoms with Crippen LogP contribution in [0.2, 0.25) is 0 Å². The highest BCUT2D eigenvalue weighted by molar-refractivity contribution is 7.87. The lowest BCUT2D eigenvalue weighted by Gasteiger charge is -2.20. The van der Waals surface area contributed by atoms with Crippen LogP contribution in [-0.4, -0.2) is 43.6 Å². The summed E-state index contributed by atoms with van der Waals surface area (Å²) >= 11 is 0. The zero-order chi connectivity index (χ0) is 14.3. The summed E-state index contributed by atoms with van der Waals surface area (Å²) in [6.45, 7) is 4.42. The fraction of sp³-hybridized carbons (Fsp3) is 0.538. The van der Waals surface area contributed by atoms with E-state index in [1.807, 2.05) is 30.3 Å². The van der Waals surface area contributed by atoms with E-state index in [9.17, 15) is 13.5 Å². The van der Waals surface area contributed by atoms with Crippen molar-refractivity contribution >= 4 is 10.2 Å². The maximum Gasteiger partial charge on any atom is 0.279 e. The van der Waals surface area contributed by atoms with E-state index in [1.165, 1.54) is 4.31 Å². The maximum atomic E-state index is 11.9. The Bertz CT molecular complexity index is 458. The van der Waals surface area contributed by atoms with Gasteiger partial charge in [-0.1, -0.05) is 44.2 Å². The van der Waals surface area contributed by atoms with Crippen LogP contribution in [0, 0.1) is 0 Å². The molecule has 1 unspecified atom stereocenters. The second-order valence-electron chi connectivity index (χ2n) is 4.28. The molecule has 6 heteroatoms. The monoisotopic (exact) mass is 286 g/mol. The van der Waals surface area contributed by atoms with E-state index in [1.54, 1.807) is 13.8 Å². The molecule has 0 aliphatic rings. The first kappa shape index (κ1) is 16.1. The third-order valence-electron chi connectivity index (χ3n) is 2.86. The topological polar surface area (TPSA) is 69.6 Å². The van der Waals surface area contributed by atoms with Crippen molar-refractivity contribution in [3.8, 4) is 0 Å². The molecule has 1 rings (SSSR count). The lowest BCUT2D eigenvalue weighted by molar-refractivity contribution is 0.178. The summed E-state index contributed by atoms with van der Waals surface area (Å²) in [5.74, 6) is 0. The summed E-state index contributed by atoms with van der Waals surface area (Å²) in [5, 5.41) is 9.85. The van der Waals surface area contributed by atoms with Gasteiger partial charge in [0, 0.05) is 19.6 Å². The number of nitrogens with zero attached hydrogens (tertiary/aromatic N) is 1. The number of hydrogen-bond donors (Lipinski definition) is 2. The minimum atomic E-state index is -3.49. The summed E-state index contributed by atoms with van der Waals surface area (Å²) in [7, 11) is -3.49. The maximum absolute atomic E-state index is 11.9. The van der Waals surface area contributed by atoms with Crippen molar-refractivity contribution in [2.75, 3.05) is 19.6 Å². The van der Waals surface area contributed by atoms with Gasteiger partial charge in [-0.3, -0.25) is 0 Å². The molecule has 19 heavy (non-hydrogen) atoms. The van der Waals surface area contributed by atoms with Gasteiger partial charge in [0.2, 0.25) is 0 Å². The fourth-order valence-electron chi connectivity index (χ4n) is 1.81. The summed E-state index contributed by atoms with van der Waals surface area (Å²) in [6, 6.07) is 9.49. The summed E-state index contributed by atoms with van der Waals surface area (Å²) in [6.07, 6.45) is -0.297. The Balaban J connectivity index is 2.48. The Morgan fingerprint density at radius 3 is 2.32 bits per heavy atom. The Morgan fingerprint density at radius 2 is 1.79 bits per heavy atom. The van der Waals surface area contributed by atoms with Crippen molar-refractivity contribution in [1.29, 1.82) is 0 Å². The highest BCUT2D eigenvalue weighted by Crippen LogP contribution is 2.03.